The zero-order valence-corrected chi connectivity index (χ0v) is 13.1. The van der Waals surface area contributed by atoms with Crippen LogP contribution >= 0.6 is 0 Å². The van der Waals surface area contributed by atoms with Crippen LogP contribution in [0, 0.1) is 0 Å². The molecule has 4 nitrogen and oxygen atoms in total. The van der Waals surface area contributed by atoms with Crippen LogP contribution < -0.4 is 14.9 Å². The van der Waals surface area contributed by atoms with Crippen molar-refractivity contribution in [1.29, 1.82) is 0 Å². The molecule has 11 heteroatoms. The largest absolute Gasteiger partial charge is 0.493 e. The summed E-state index contributed by atoms with van der Waals surface area (Å²) in [6.45, 7) is 2.26. The van der Waals surface area contributed by atoms with Gasteiger partial charge in [0, 0.05) is 0 Å². The lowest BCUT2D eigenvalue weighted by molar-refractivity contribution is -0.361. The molecule has 1 N–H and O–H groups in total. The van der Waals surface area contributed by atoms with E-state index in [1.165, 1.54) is 25.3 Å². The first kappa shape index (κ1) is 20.8. The molecule has 0 spiro atoms. The van der Waals surface area contributed by atoms with Crippen molar-refractivity contribution in [2.75, 3.05) is 13.7 Å². The maximum Gasteiger partial charge on any atom is 0.462 e. The van der Waals surface area contributed by atoms with Gasteiger partial charge < -0.3 is 9.47 Å². The molecule has 25 heavy (non-hydrogen) atoms. The minimum Gasteiger partial charge on any atom is -0.493 e. The van der Waals surface area contributed by atoms with Crippen LogP contribution in [0.4, 0.5) is 30.7 Å². The van der Waals surface area contributed by atoms with E-state index in [2.05, 4.69) is 5.10 Å². The summed E-state index contributed by atoms with van der Waals surface area (Å²) in [5, 5.41) is 2.76. The van der Waals surface area contributed by atoms with Crippen molar-refractivity contribution in [3.63, 3.8) is 0 Å². The number of hydrazone groups is 1. The summed E-state index contributed by atoms with van der Waals surface area (Å²) in [5.74, 6) is -5.72. The maximum absolute atomic E-state index is 13.0. The van der Waals surface area contributed by atoms with Crippen molar-refractivity contribution >= 4 is 6.21 Å². The zero-order chi connectivity index (χ0) is 19.3. The standard InChI is InChI=1S/C14H15F7N2O2/c1-3-6-25-10-5-4-9(7-11(10)24-2)8-22-23-14(20,21)12(15,16)13(17,18)19/h4-5,7-8,23H,3,6H2,1-2H3/b22-8+. The number of nitrogens with zero attached hydrogens (tertiary/aromatic N) is 1. The molecule has 142 valence electrons. The van der Waals surface area contributed by atoms with E-state index in [4.69, 9.17) is 9.47 Å². The number of hydrogen-bond donors (Lipinski definition) is 1. The van der Waals surface area contributed by atoms with E-state index in [0.717, 1.165) is 6.42 Å². The first-order chi connectivity index (χ1) is 11.5. The van der Waals surface area contributed by atoms with E-state index >= 15 is 0 Å². The molecule has 0 bridgehead atoms. The minimum absolute atomic E-state index is 0.110. The molecule has 1 aromatic carbocycles. The summed E-state index contributed by atoms with van der Waals surface area (Å²) < 4.78 is 97.6. The molecule has 0 amide bonds. The van der Waals surface area contributed by atoms with E-state index < -0.39 is 18.1 Å². The second kappa shape index (κ2) is 7.79. The lowest BCUT2D eigenvalue weighted by atomic mass is 10.2. The van der Waals surface area contributed by atoms with Crippen LogP contribution in [0.2, 0.25) is 0 Å². The van der Waals surface area contributed by atoms with Gasteiger partial charge in [0.25, 0.3) is 0 Å². The number of ether oxygens (including phenoxy) is 2. The second-order valence-electron chi connectivity index (χ2n) is 4.78. The Bertz CT molecular complexity index is 603. The Morgan fingerprint density at radius 2 is 1.72 bits per heavy atom. The van der Waals surface area contributed by atoms with Gasteiger partial charge in [0.15, 0.2) is 11.5 Å². The molecule has 1 aromatic rings. The molecule has 0 aliphatic rings. The lowest BCUT2D eigenvalue weighted by Gasteiger charge is -2.27. The molecular weight excluding hydrogens is 361 g/mol. The molecule has 0 fully saturated rings. The van der Waals surface area contributed by atoms with Gasteiger partial charge in [-0.25, -0.2) is 5.43 Å². The molecule has 0 atom stereocenters. The number of methoxy groups -OCH3 is 1. The van der Waals surface area contributed by atoms with Gasteiger partial charge in [-0.05, 0) is 30.2 Å². The third-order valence-electron chi connectivity index (χ3n) is 2.82. The summed E-state index contributed by atoms with van der Waals surface area (Å²) in [5.41, 5.74) is 0.645. The highest BCUT2D eigenvalue weighted by molar-refractivity contribution is 5.80. The normalized spacial score (nSPS) is 13.2. The van der Waals surface area contributed by atoms with Gasteiger partial charge >= 0.3 is 18.1 Å². The molecule has 0 unspecified atom stereocenters. The first-order valence-corrected chi connectivity index (χ1v) is 6.89. The Morgan fingerprint density at radius 3 is 2.24 bits per heavy atom. The fourth-order valence-corrected chi connectivity index (χ4v) is 1.53. The highest BCUT2D eigenvalue weighted by Gasteiger charge is 2.73. The average molecular weight is 376 g/mol. The third kappa shape index (κ3) is 4.89. The van der Waals surface area contributed by atoms with Crippen LogP contribution in [0.3, 0.4) is 0 Å². The predicted molar refractivity (Wildman–Crippen MR) is 75.5 cm³/mol. The summed E-state index contributed by atoms with van der Waals surface area (Å²) in [6, 6.07) is -1.58. The van der Waals surface area contributed by atoms with Gasteiger partial charge in [0.2, 0.25) is 0 Å². The molecule has 0 radical (unpaired) electrons. The molecule has 0 saturated carbocycles. The van der Waals surface area contributed by atoms with Gasteiger partial charge in [0.05, 0.1) is 19.9 Å². The van der Waals surface area contributed by atoms with Gasteiger partial charge in [-0.15, -0.1) is 0 Å². The quantitative estimate of drug-likeness (QED) is 0.320. The Hall–Kier alpha value is -2.20. The monoisotopic (exact) mass is 376 g/mol. The summed E-state index contributed by atoms with van der Waals surface area (Å²) >= 11 is 0. The number of rotatable bonds is 8. The van der Waals surface area contributed by atoms with Crippen molar-refractivity contribution in [3.05, 3.63) is 23.8 Å². The van der Waals surface area contributed by atoms with Crippen LogP contribution in [0.15, 0.2) is 23.3 Å². The average Bonchev–Trinajstić information content (AvgIpc) is 2.52. The Labute approximate surface area is 138 Å². The highest BCUT2D eigenvalue weighted by atomic mass is 19.4. The van der Waals surface area contributed by atoms with E-state index in [1.807, 2.05) is 6.92 Å². The smallest absolute Gasteiger partial charge is 0.462 e. The van der Waals surface area contributed by atoms with E-state index in [9.17, 15) is 30.7 Å². The van der Waals surface area contributed by atoms with E-state index in [-0.39, 0.29) is 11.3 Å². The molecule has 1 rings (SSSR count). The zero-order valence-electron chi connectivity index (χ0n) is 13.1. The number of alkyl halides is 7. The molecule has 0 aliphatic heterocycles. The minimum atomic E-state index is -6.43. The third-order valence-corrected chi connectivity index (χ3v) is 2.82. The maximum atomic E-state index is 13.0. The summed E-state index contributed by atoms with van der Waals surface area (Å²) in [6.07, 6.45) is -5.06. The lowest BCUT2D eigenvalue weighted by Crippen LogP contribution is -2.58. The van der Waals surface area contributed by atoms with Crippen molar-refractivity contribution in [3.8, 4) is 11.5 Å². The van der Waals surface area contributed by atoms with Crippen LogP contribution in [-0.4, -0.2) is 38.1 Å². The van der Waals surface area contributed by atoms with E-state index in [1.54, 1.807) is 0 Å². The number of hydrogen-bond acceptors (Lipinski definition) is 4. The Balaban J connectivity index is 2.89. The highest BCUT2D eigenvalue weighted by Crippen LogP contribution is 2.45. The molecule has 0 aliphatic carbocycles. The predicted octanol–water partition coefficient (Wildman–Crippen LogP) is 4.20. The van der Waals surface area contributed by atoms with Gasteiger partial charge in [-0.1, -0.05) is 6.92 Å². The van der Waals surface area contributed by atoms with Crippen LogP contribution in [0.5, 0.6) is 11.5 Å². The fourth-order valence-electron chi connectivity index (χ4n) is 1.53. The van der Waals surface area contributed by atoms with Crippen molar-refractivity contribution in [1.82, 2.24) is 5.43 Å². The summed E-state index contributed by atoms with van der Waals surface area (Å²) in [4.78, 5) is 0. The van der Waals surface area contributed by atoms with Gasteiger partial charge in [-0.2, -0.15) is 35.8 Å². The number of nitrogens with one attached hydrogen (secondary N) is 1. The Kier molecular flexibility index (Phi) is 6.49. The number of benzene rings is 1. The topological polar surface area (TPSA) is 42.8 Å². The van der Waals surface area contributed by atoms with Gasteiger partial charge in [-0.3, -0.25) is 0 Å². The fraction of sp³-hybridized carbons (Fsp3) is 0.500. The van der Waals surface area contributed by atoms with Crippen molar-refractivity contribution in [2.45, 2.75) is 31.5 Å². The Morgan fingerprint density at radius 1 is 1.08 bits per heavy atom. The van der Waals surface area contributed by atoms with Crippen molar-refractivity contribution in [2.24, 2.45) is 5.10 Å². The van der Waals surface area contributed by atoms with Gasteiger partial charge in [0.1, 0.15) is 0 Å². The number of halogens is 7. The van der Waals surface area contributed by atoms with E-state index in [0.29, 0.717) is 24.0 Å². The summed E-state index contributed by atoms with van der Waals surface area (Å²) in [7, 11) is 1.31. The molecule has 0 aromatic heterocycles. The van der Waals surface area contributed by atoms with Crippen LogP contribution in [0.25, 0.3) is 0 Å². The van der Waals surface area contributed by atoms with Crippen molar-refractivity contribution < 1.29 is 40.2 Å². The van der Waals surface area contributed by atoms with Crippen LogP contribution in [0.1, 0.15) is 18.9 Å². The second-order valence-corrected chi connectivity index (χ2v) is 4.78. The SMILES string of the molecule is CCCOc1ccc(/C=N/NC(F)(F)C(F)(F)C(F)(F)F)cc1OC. The molecular formula is C14H15F7N2O2. The molecule has 0 heterocycles. The first-order valence-electron chi connectivity index (χ1n) is 6.89. The molecule has 0 saturated heterocycles. The van der Waals surface area contributed by atoms with Crippen LogP contribution in [-0.2, 0) is 0 Å².